The number of benzene rings is 1. The Hall–Kier alpha value is -0.960. The molecule has 2 nitrogen and oxygen atoms in total. The molecule has 0 radical (unpaired) electrons. The minimum Gasteiger partial charge on any atom is -0.294 e. The van der Waals surface area contributed by atoms with Gasteiger partial charge in [-0.05, 0) is 31.4 Å². The van der Waals surface area contributed by atoms with Gasteiger partial charge in [-0.15, -0.1) is 0 Å². The van der Waals surface area contributed by atoms with Gasteiger partial charge in [0.1, 0.15) is 0 Å². The van der Waals surface area contributed by atoms with Crippen LogP contribution in [0, 0.1) is 13.8 Å². The maximum Gasteiger partial charge on any atom is 0.164 e. The Morgan fingerprint density at radius 1 is 1.20 bits per heavy atom. The van der Waals surface area contributed by atoms with Crippen LogP contribution in [0.4, 0.5) is 0 Å². The largest absolute Gasteiger partial charge is 0.294 e. The minimum absolute atomic E-state index is 0.150. The molecule has 2 rings (SSSR count). The van der Waals surface area contributed by atoms with E-state index in [0.717, 1.165) is 22.4 Å². The van der Waals surface area contributed by atoms with Gasteiger partial charge in [-0.2, -0.15) is 0 Å². The first-order valence-electron chi connectivity index (χ1n) is 5.13. The summed E-state index contributed by atoms with van der Waals surface area (Å²) in [7, 11) is -0.996. The van der Waals surface area contributed by atoms with E-state index in [2.05, 4.69) is 0 Å². The first-order chi connectivity index (χ1) is 7.11. The molecule has 0 saturated carbocycles. The number of rotatable bonds is 0. The third-order valence-corrected chi connectivity index (χ3v) is 4.44. The zero-order valence-corrected chi connectivity index (χ0v) is 9.82. The second-order valence-corrected chi connectivity index (χ2v) is 5.49. The maximum atomic E-state index is 12.0. The normalized spacial score (nSPS) is 20.9. The highest BCUT2D eigenvalue weighted by atomic mass is 32.2. The monoisotopic (exact) mass is 222 g/mol. The average Bonchev–Trinajstić information content (AvgIpc) is 2.33. The Kier molecular flexibility index (Phi) is 2.74. The van der Waals surface area contributed by atoms with E-state index in [1.165, 1.54) is 0 Å². The van der Waals surface area contributed by atoms with Crippen LogP contribution in [0.15, 0.2) is 17.0 Å². The zero-order valence-electron chi connectivity index (χ0n) is 9.00. The molecule has 0 fully saturated rings. The van der Waals surface area contributed by atoms with Gasteiger partial charge in [-0.1, -0.05) is 12.1 Å². The van der Waals surface area contributed by atoms with Crippen molar-refractivity contribution in [3.05, 3.63) is 28.8 Å². The van der Waals surface area contributed by atoms with Gasteiger partial charge in [-0.3, -0.25) is 9.00 Å². The van der Waals surface area contributed by atoms with Crippen LogP contribution < -0.4 is 0 Å². The van der Waals surface area contributed by atoms with Crippen LogP contribution in [0.1, 0.15) is 34.3 Å². The van der Waals surface area contributed by atoms with Crippen LogP contribution >= 0.6 is 0 Å². The molecule has 1 aliphatic heterocycles. The van der Waals surface area contributed by atoms with Crippen LogP contribution in [0.5, 0.6) is 0 Å². The highest BCUT2D eigenvalue weighted by Gasteiger charge is 2.23. The highest BCUT2D eigenvalue weighted by molar-refractivity contribution is 7.85. The molecule has 0 saturated heterocycles. The SMILES string of the molecule is Cc1ccc(C)c2c1C(=O)CCCS2=O. The summed E-state index contributed by atoms with van der Waals surface area (Å²) in [6.07, 6.45) is 1.27. The molecule has 1 aromatic carbocycles. The van der Waals surface area contributed by atoms with E-state index in [4.69, 9.17) is 0 Å². The van der Waals surface area contributed by atoms with Gasteiger partial charge in [0.25, 0.3) is 0 Å². The van der Waals surface area contributed by atoms with Gasteiger partial charge in [0, 0.05) is 17.7 Å². The maximum absolute atomic E-state index is 12.0. The fourth-order valence-corrected chi connectivity index (χ4v) is 3.56. The van der Waals surface area contributed by atoms with Crippen molar-refractivity contribution >= 4 is 16.6 Å². The van der Waals surface area contributed by atoms with Crippen LogP contribution in [0.2, 0.25) is 0 Å². The minimum atomic E-state index is -0.996. The van der Waals surface area contributed by atoms with Crippen LogP contribution in [0.25, 0.3) is 0 Å². The summed E-state index contributed by atoms with van der Waals surface area (Å²) >= 11 is 0. The van der Waals surface area contributed by atoms with Gasteiger partial charge in [0.15, 0.2) is 5.78 Å². The first kappa shape index (κ1) is 10.6. The molecule has 0 aromatic heterocycles. The van der Waals surface area contributed by atoms with Gasteiger partial charge in [0.2, 0.25) is 0 Å². The first-order valence-corrected chi connectivity index (χ1v) is 6.45. The molecule has 1 aliphatic rings. The summed E-state index contributed by atoms with van der Waals surface area (Å²) in [5.74, 6) is 0.764. The van der Waals surface area contributed by atoms with E-state index in [9.17, 15) is 9.00 Å². The van der Waals surface area contributed by atoms with Crippen molar-refractivity contribution in [2.75, 3.05) is 5.75 Å². The van der Waals surface area contributed by atoms with E-state index in [-0.39, 0.29) is 5.78 Å². The fourth-order valence-electron chi connectivity index (χ4n) is 2.02. The molecule has 80 valence electrons. The molecular weight excluding hydrogens is 208 g/mol. The Bertz CT molecular complexity index is 408. The Morgan fingerprint density at radius 3 is 2.60 bits per heavy atom. The lowest BCUT2D eigenvalue weighted by atomic mass is 9.99. The molecule has 0 spiro atoms. The van der Waals surface area contributed by atoms with E-state index in [1.54, 1.807) is 0 Å². The summed E-state index contributed by atoms with van der Waals surface area (Å²) in [5.41, 5.74) is 2.64. The van der Waals surface area contributed by atoms with Crippen molar-refractivity contribution in [2.45, 2.75) is 31.6 Å². The predicted octanol–water partition coefficient (Wildman–Crippen LogP) is 2.39. The summed E-state index contributed by atoms with van der Waals surface area (Å²) in [5, 5.41) is 0. The Morgan fingerprint density at radius 2 is 1.87 bits per heavy atom. The lowest BCUT2D eigenvalue weighted by Crippen LogP contribution is -2.06. The van der Waals surface area contributed by atoms with Gasteiger partial charge in [0.05, 0.1) is 15.7 Å². The summed E-state index contributed by atoms with van der Waals surface area (Å²) < 4.78 is 12.0. The lowest BCUT2D eigenvalue weighted by Gasteiger charge is -2.10. The van der Waals surface area contributed by atoms with Gasteiger partial charge < -0.3 is 0 Å². The fraction of sp³-hybridized carbons (Fsp3) is 0.417. The van der Waals surface area contributed by atoms with Crippen molar-refractivity contribution < 1.29 is 9.00 Å². The van der Waals surface area contributed by atoms with Crippen molar-refractivity contribution in [3.63, 3.8) is 0 Å². The summed E-state index contributed by atoms with van der Waals surface area (Å²) in [4.78, 5) is 12.7. The number of carbonyl (C=O) groups excluding carboxylic acids is 1. The Labute approximate surface area is 92.2 Å². The third-order valence-electron chi connectivity index (χ3n) is 2.80. The lowest BCUT2D eigenvalue weighted by molar-refractivity contribution is 0.0979. The number of carbonyl (C=O) groups is 1. The third kappa shape index (κ3) is 1.76. The van der Waals surface area contributed by atoms with Crippen molar-refractivity contribution in [3.8, 4) is 0 Å². The number of ketones is 1. The van der Waals surface area contributed by atoms with Crippen molar-refractivity contribution in [1.82, 2.24) is 0 Å². The molecular formula is C12H14O2S. The molecule has 1 heterocycles. The number of hydrogen-bond donors (Lipinski definition) is 0. The summed E-state index contributed by atoms with van der Waals surface area (Å²) in [6, 6.07) is 3.89. The smallest absolute Gasteiger partial charge is 0.164 e. The predicted molar refractivity (Wildman–Crippen MR) is 60.8 cm³/mol. The number of aryl methyl sites for hydroxylation is 2. The van der Waals surface area contributed by atoms with Crippen molar-refractivity contribution in [2.24, 2.45) is 0 Å². The van der Waals surface area contributed by atoms with E-state index in [1.807, 2.05) is 26.0 Å². The Balaban J connectivity index is 2.74. The van der Waals surface area contributed by atoms with Gasteiger partial charge in [-0.25, -0.2) is 0 Å². The zero-order chi connectivity index (χ0) is 11.0. The molecule has 0 amide bonds. The van der Waals surface area contributed by atoms with Crippen LogP contribution in [-0.2, 0) is 10.8 Å². The molecule has 1 aromatic rings. The van der Waals surface area contributed by atoms with Crippen LogP contribution in [-0.4, -0.2) is 15.7 Å². The molecule has 15 heavy (non-hydrogen) atoms. The standard InChI is InChI=1S/C12H14O2S/c1-8-5-6-9(2)12-11(8)10(13)4-3-7-15(12)14/h5-6H,3-4,7H2,1-2H3. The second-order valence-electron chi connectivity index (χ2n) is 3.98. The summed E-state index contributed by atoms with van der Waals surface area (Å²) in [6.45, 7) is 3.84. The average molecular weight is 222 g/mol. The molecule has 0 bridgehead atoms. The van der Waals surface area contributed by atoms with Crippen LogP contribution in [0.3, 0.4) is 0 Å². The van der Waals surface area contributed by atoms with E-state index >= 15 is 0 Å². The van der Waals surface area contributed by atoms with E-state index < -0.39 is 10.8 Å². The van der Waals surface area contributed by atoms with E-state index in [0.29, 0.717) is 17.7 Å². The topological polar surface area (TPSA) is 34.1 Å². The van der Waals surface area contributed by atoms with Gasteiger partial charge >= 0.3 is 0 Å². The highest BCUT2D eigenvalue weighted by Crippen LogP contribution is 2.27. The number of hydrogen-bond acceptors (Lipinski definition) is 2. The quantitative estimate of drug-likeness (QED) is 0.675. The molecule has 0 aliphatic carbocycles. The van der Waals surface area contributed by atoms with Crippen molar-refractivity contribution in [1.29, 1.82) is 0 Å². The molecule has 3 heteroatoms. The second kappa shape index (κ2) is 3.89. The number of fused-ring (bicyclic) bond motifs is 1. The molecule has 1 atom stereocenters. The number of Topliss-reactive ketones (excluding diaryl/α,β-unsaturated/α-hetero) is 1. The molecule has 1 unspecified atom stereocenters. The molecule has 0 N–H and O–H groups in total.